The number of nitrogens with one attached hydrogen (secondary N) is 2. The Morgan fingerprint density at radius 2 is 1.95 bits per heavy atom. The summed E-state index contributed by atoms with van der Waals surface area (Å²) in [6, 6.07) is 6.08. The van der Waals surface area contributed by atoms with E-state index in [1.165, 1.54) is 19.3 Å². The number of benzene rings is 1. The van der Waals surface area contributed by atoms with E-state index in [0.717, 1.165) is 42.6 Å². The summed E-state index contributed by atoms with van der Waals surface area (Å²) in [6.07, 6.45) is 4.56. The minimum atomic E-state index is 0.712. The summed E-state index contributed by atoms with van der Waals surface area (Å²) in [5, 5.41) is 6.66. The SMILES string of the molecule is CCCCCNC(=NC)NCc1ccc2c(c1)OCCCO2. The summed E-state index contributed by atoms with van der Waals surface area (Å²) in [5.74, 6) is 2.51. The zero-order valence-electron chi connectivity index (χ0n) is 13.7. The topological polar surface area (TPSA) is 54.9 Å². The van der Waals surface area contributed by atoms with Crippen molar-refractivity contribution < 1.29 is 9.47 Å². The Balaban J connectivity index is 1.84. The predicted octanol–water partition coefficient (Wildman–Crippen LogP) is 2.70. The Morgan fingerprint density at radius 3 is 2.73 bits per heavy atom. The maximum atomic E-state index is 5.72. The Morgan fingerprint density at radius 1 is 1.14 bits per heavy atom. The highest BCUT2D eigenvalue weighted by molar-refractivity contribution is 5.79. The number of rotatable bonds is 6. The molecule has 0 atom stereocenters. The molecule has 2 rings (SSSR count). The highest BCUT2D eigenvalue weighted by Gasteiger charge is 2.10. The maximum Gasteiger partial charge on any atom is 0.191 e. The quantitative estimate of drug-likeness (QED) is 0.482. The first kappa shape index (κ1) is 16.5. The molecule has 22 heavy (non-hydrogen) atoms. The summed E-state index contributed by atoms with van der Waals surface area (Å²) in [7, 11) is 1.79. The largest absolute Gasteiger partial charge is 0.490 e. The molecular formula is C17H27N3O2. The first-order chi connectivity index (χ1) is 10.8. The molecule has 0 spiro atoms. The van der Waals surface area contributed by atoms with Gasteiger partial charge in [0.2, 0.25) is 0 Å². The van der Waals surface area contributed by atoms with Gasteiger partial charge in [-0.15, -0.1) is 0 Å². The van der Waals surface area contributed by atoms with Crippen LogP contribution in [-0.4, -0.2) is 32.8 Å². The average Bonchev–Trinajstić information content (AvgIpc) is 2.79. The molecule has 0 aromatic heterocycles. The molecule has 5 nitrogen and oxygen atoms in total. The third-order valence-corrected chi connectivity index (χ3v) is 3.57. The zero-order valence-corrected chi connectivity index (χ0v) is 13.7. The second-order valence-corrected chi connectivity index (χ2v) is 5.39. The Labute approximate surface area is 133 Å². The molecule has 1 aromatic carbocycles. The van der Waals surface area contributed by atoms with Gasteiger partial charge in [-0.1, -0.05) is 25.8 Å². The van der Waals surface area contributed by atoms with E-state index >= 15 is 0 Å². The normalized spacial score (nSPS) is 14.4. The van der Waals surface area contributed by atoms with Gasteiger partial charge in [0.1, 0.15) is 0 Å². The Kier molecular flexibility index (Phi) is 6.87. The molecule has 0 saturated heterocycles. The number of guanidine groups is 1. The van der Waals surface area contributed by atoms with E-state index in [4.69, 9.17) is 9.47 Å². The number of hydrogen-bond acceptors (Lipinski definition) is 3. The van der Waals surface area contributed by atoms with Gasteiger partial charge >= 0.3 is 0 Å². The number of hydrogen-bond donors (Lipinski definition) is 2. The van der Waals surface area contributed by atoms with E-state index in [1.807, 2.05) is 12.1 Å². The van der Waals surface area contributed by atoms with Gasteiger partial charge in [-0.25, -0.2) is 0 Å². The summed E-state index contributed by atoms with van der Waals surface area (Å²) in [5.41, 5.74) is 1.15. The average molecular weight is 305 g/mol. The van der Waals surface area contributed by atoms with E-state index in [9.17, 15) is 0 Å². The summed E-state index contributed by atoms with van der Waals surface area (Å²) >= 11 is 0. The lowest BCUT2D eigenvalue weighted by Gasteiger charge is -2.13. The smallest absolute Gasteiger partial charge is 0.191 e. The lowest BCUT2D eigenvalue weighted by molar-refractivity contribution is 0.297. The molecule has 0 amide bonds. The number of aliphatic imine (C=N–C) groups is 1. The minimum absolute atomic E-state index is 0.712. The summed E-state index contributed by atoms with van der Waals surface area (Å²) in [4.78, 5) is 4.24. The van der Waals surface area contributed by atoms with E-state index in [-0.39, 0.29) is 0 Å². The lowest BCUT2D eigenvalue weighted by atomic mass is 10.2. The molecular weight excluding hydrogens is 278 g/mol. The van der Waals surface area contributed by atoms with Crippen molar-refractivity contribution in [2.75, 3.05) is 26.8 Å². The van der Waals surface area contributed by atoms with Crippen molar-refractivity contribution in [2.45, 2.75) is 39.2 Å². The van der Waals surface area contributed by atoms with Crippen LogP contribution in [0.25, 0.3) is 0 Å². The first-order valence-electron chi connectivity index (χ1n) is 8.16. The van der Waals surface area contributed by atoms with Gasteiger partial charge in [0.15, 0.2) is 17.5 Å². The number of nitrogens with zero attached hydrogens (tertiary/aromatic N) is 1. The standard InChI is InChI=1S/C17H27N3O2/c1-3-4-5-9-19-17(18-2)20-13-14-7-8-15-16(12-14)22-11-6-10-21-15/h7-8,12H,3-6,9-11,13H2,1-2H3,(H2,18,19,20). The van der Waals surface area contributed by atoms with Crippen molar-refractivity contribution in [2.24, 2.45) is 4.99 Å². The van der Waals surface area contributed by atoms with Gasteiger partial charge in [-0.3, -0.25) is 4.99 Å². The Bertz CT molecular complexity index is 489. The molecule has 1 aromatic rings. The fourth-order valence-corrected chi connectivity index (χ4v) is 2.31. The molecule has 1 aliphatic heterocycles. The van der Waals surface area contributed by atoms with Crippen LogP contribution in [-0.2, 0) is 6.54 Å². The van der Waals surface area contributed by atoms with Crippen molar-refractivity contribution in [1.29, 1.82) is 0 Å². The minimum Gasteiger partial charge on any atom is -0.490 e. The second kappa shape index (κ2) is 9.18. The van der Waals surface area contributed by atoms with Crippen LogP contribution in [0.4, 0.5) is 0 Å². The van der Waals surface area contributed by atoms with Crippen LogP contribution >= 0.6 is 0 Å². The molecule has 1 heterocycles. The van der Waals surface area contributed by atoms with Crippen molar-refractivity contribution >= 4 is 5.96 Å². The van der Waals surface area contributed by atoms with Gasteiger partial charge in [-0.05, 0) is 24.1 Å². The van der Waals surface area contributed by atoms with Crippen LogP contribution < -0.4 is 20.1 Å². The highest BCUT2D eigenvalue weighted by atomic mass is 16.5. The molecule has 0 fully saturated rings. The molecule has 2 N–H and O–H groups in total. The molecule has 0 bridgehead atoms. The van der Waals surface area contributed by atoms with Crippen LogP contribution in [0, 0.1) is 0 Å². The second-order valence-electron chi connectivity index (χ2n) is 5.39. The van der Waals surface area contributed by atoms with Crippen LogP contribution in [0.1, 0.15) is 38.2 Å². The van der Waals surface area contributed by atoms with Gasteiger partial charge in [0.05, 0.1) is 13.2 Å². The zero-order chi connectivity index (χ0) is 15.6. The van der Waals surface area contributed by atoms with Crippen LogP contribution in [0.3, 0.4) is 0 Å². The fraction of sp³-hybridized carbons (Fsp3) is 0.588. The van der Waals surface area contributed by atoms with Gasteiger partial charge < -0.3 is 20.1 Å². The predicted molar refractivity (Wildman–Crippen MR) is 89.8 cm³/mol. The third kappa shape index (κ3) is 5.13. The molecule has 0 unspecified atom stereocenters. The van der Waals surface area contributed by atoms with Crippen molar-refractivity contribution in [3.05, 3.63) is 23.8 Å². The summed E-state index contributed by atoms with van der Waals surface area (Å²) < 4.78 is 11.4. The van der Waals surface area contributed by atoms with Crippen LogP contribution in [0.5, 0.6) is 11.5 Å². The van der Waals surface area contributed by atoms with Crippen LogP contribution in [0.2, 0.25) is 0 Å². The van der Waals surface area contributed by atoms with Crippen molar-refractivity contribution in [3.8, 4) is 11.5 Å². The molecule has 5 heteroatoms. The molecule has 0 aliphatic carbocycles. The van der Waals surface area contributed by atoms with Crippen LogP contribution in [0.15, 0.2) is 23.2 Å². The van der Waals surface area contributed by atoms with Gasteiger partial charge in [-0.2, -0.15) is 0 Å². The molecule has 122 valence electrons. The van der Waals surface area contributed by atoms with Gasteiger partial charge in [0, 0.05) is 26.6 Å². The molecule has 0 saturated carbocycles. The van der Waals surface area contributed by atoms with Crippen molar-refractivity contribution in [3.63, 3.8) is 0 Å². The third-order valence-electron chi connectivity index (χ3n) is 3.57. The van der Waals surface area contributed by atoms with Crippen molar-refractivity contribution in [1.82, 2.24) is 10.6 Å². The monoisotopic (exact) mass is 305 g/mol. The van der Waals surface area contributed by atoms with Gasteiger partial charge in [0.25, 0.3) is 0 Å². The van der Waals surface area contributed by atoms with E-state index in [1.54, 1.807) is 7.05 Å². The highest BCUT2D eigenvalue weighted by Crippen LogP contribution is 2.30. The maximum absolute atomic E-state index is 5.72. The molecule has 1 aliphatic rings. The lowest BCUT2D eigenvalue weighted by Crippen LogP contribution is -2.37. The van der Waals surface area contributed by atoms with E-state index in [2.05, 4.69) is 28.6 Å². The molecule has 0 radical (unpaired) electrons. The number of unbranched alkanes of at least 4 members (excludes halogenated alkanes) is 2. The van der Waals surface area contributed by atoms with E-state index in [0.29, 0.717) is 13.2 Å². The number of ether oxygens (including phenoxy) is 2. The first-order valence-corrected chi connectivity index (χ1v) is 8.16. The Hall–Kier alpha value is -1.91. The van der Waals surface area contributed by atoms with E-state index < -0.39 is 0 Å². The summed E-state index contributed by atoms with van der Waals surface area (Å²) in [6.45, 7) is 5.30. The number of fused-ring (bicyclic) bond motifs is 1. The fourth-order valence-electron chi connectivity index (χ4n) is 2.31.